The standard InChI is InChI=1S/C34H32F3N5O2/c1-2-24-27(36)5-4-21-13-23(43)14-25(28(21)24)30-29(37)31-26(16-38-30)32(41-10-6-19-12-20(19)7-11-41)40-33(39-31)44-18-34-8-3-9-42(34)17-22(35)15-34/h1,4-5,13-14,16,19-20,22,43H,3,6-12,15,17-18H2/t19?,20?,22-,34?/m1/s1. The first-order chi connectivity index (χ1) is 21.3. The number of nitrogens with zero attached hydrogens (tertiary/aromatic N) is 5. The van der Waals surface area contributed by atoms with Gasteiger partial charge < -0.3 is 14.7 Å². The summed E-state index contributed by atoms with van der Waals surface area (Å²) < 4.78 is 52.2. The van der Waals surface area contributed by atoms with Crippen molar-refractivity contribution in [2.24, 2.45) is 11.8 Å². The topological polar surface area (TPSA) is 74.6 Å². The summed E-state index contributed by atoms with van der Waals surface area (Å²) in [5.41, 5.74) is -0.415. The van der Waals surface area contributed by atoms with Crippen molar-refractivity contribution >= 4 is 27.5 Å². The third kappa shape index (κ3) is 4.43. The number of hydrogen-bond acceptors (Lipinski definition) is 7. The predicted molar refractivity (Wildman–Crippen MR) is 161 cm³/mol. The highest BCUT2D eigenvalue weighted by Crippen LogP contribution is 2.47. The quantitative estimate of drug-likeness (QED) is 0.282. The third-order valence-corrected chi connectivity index (χ3v) is 10.2. The van der Waals surface area contributed by atoms with E-state index in [1.807, 2.05) is 0 Å². The molecular weight excluding hydrogens is 567 g/mol. The molecule has 3 aliphatic heterocycles. The summed E-state index contributed by atoms with van der Waals surface area (Å²) in [5.74, 6) is 2.85. The number of pyridine rings is 1. The van der Waals surface area contributed by atoms with Gasteiger partial charge in [0, 0.05) is 43.2 Å². The average Bonchev–Trinajstić information content (AvgIpc) is 3.60. The zero-order valence-electron chi connectivity index (χ0n) is 24.2. The lowest BCUT2D eigenvalue weighted by Gasteiger charge is -2.31. The van der Waals surface area contributed by atoms with Crippen LogP contribution in [0.15, 0.2) is 30.5 Å². The molecule has 1 aliphatic carbocycles. The summed E-state index contributed by atoms with van der Waals surface area (Å²) >= 11 is 0. The van der Waals surface area contributed by atoms with Gasteiger partial charge in [-0.05, 0) is 74.1 Å². The van der Waals surface area contributed by atoms with E-state index in [9.17, 15) is 13.9 Å². The van der Waals surface area contributed by atoms with Crippen molar-refractivity contribution < 1.29 is 23.0 Å². The van der Waals surface area contributed by atoms with Crippen molar-refractivity contribution in [3.63, 3.8) is 0 Å². The van der Waals surface area contributed by atoms with E-state index in [-0.39, 0.29) is 46.1 Å². The van der Waals surface area contributed by atoms with Crippen molar-refractivity contribution in [1.29, 1.82) is 0 Å². The van der Waals surface area contributed by atoms with E-state index >= 15 is 4.39 Å². The molecule has 10 heteroatoms. The number of fused-ring (bicyclic) bond motifs is 4. The Bertz CT molecular complexity index is 1850. The molecule has 7 nitrogen and oxygen atoms in total. The smallest absolute Gasteiger partial charge is 0.319 e. The number of phenols is 1. The molecule has 4 aliphatic rings. The van der Waals surface area contributed by atoms with Crippen molar-refractivity contribution in [2.45, 2.75) is 50.2 Å². The Morgan fingerprint density at radius 1 is 1.11 bits per heavy atom. The molecule has 2 aromatic carbocycles. The maximum absolute atomic E-state index is 16.7. The Morgan fingerprint density at radius 3 is 2.73 bits per heavy atom. The zero-order chi connectivity index (χ0) is 30.2. The molecule has 1 N–H and O–H groups in total. The maximum Gasteiger partial charge on any atom is 0.319 e. The molecule has 0 spiro atoms. The number of aromatic hydroxyl groups is 1. The lowest BCUT2D eigenvalue weighted by atomic mass is 9.95. The summed E-state index contributed by atoms with van der Waals surface area (Å²) in [4.78, 5) is 18.2. The molecule has 0 bridgehead atoms. The van der Waals surface area contributed by atoms with Gasteiger partial charge in [0.05, 0.1) is 16.5 Å². The fourth-order valence-corrected chi connectivity index (χ4v) is 7.90. The van der Waals surface area contributed by atoms with Crippen molar-refractivity contribution in [3.8, 4) is 35.4 Å². The number of terminal acetylenes is 1. The molecule has 2 aromatic heterocycles. The van der Waals surface area contributed by atoms with Crippen LogP contribution in [0.3, 0.4) is 0 Å². The highest BCUT2D eigenvalue weighted by Gasteiger charge is 2.49. The molecule has 5 heterocycles. The van der Waals surface area contributed by atoms with Crippen LogP contribution in [0.4, 0.5) is 19.0 Å². The Labute approximate surface area is 253 Å². The Balaban J connectivity index is 1.27. The van der Waals surface area contributed by atoms with E-state index in [4.69, 9.17) is 16.1 Å². The number of aromatic nitrogens is 3. The second-order valence-corrected chi connectivity index (χ2v) is 12.9. The lowest BCUT2D eigenvalue weighted by Crippen LogP contribution is -2.43. The van der Waals surface area contributed by atoms with Gasteiger partial charge >= 0.3 is 6.01 Å². The molecule has 0 radical (unpaired) electrons. The van der Waals surface area contributed by atoms with Gasteiger partial charge in [-0.2, -0.15) is 9.97 Å². The molecular formula is C34H32F3N5O2. The van der Waals surface area contributed by atoms with Crippen LogP contribution < -0.4 is 9.64 Å². The van der Waals surface area contributed by atoms with Gasteiger partial charge in [-0.3, -0.25) is 9.88 Å². The Hall–Kier alpha value is -4.10. The van der Waals surface area contributed by atoms with Gasteiger partial charge in [0.2, 0.25) is 0 Å². The van der Waals surface area contributed by atoms with E-state index in [0.717, 1.165) is 57.2 Å². The summed E-state index contributed by atoms with van der Waals surface area (Å²) in [5, 5.41) is 11.7. The summed E-state index contributed by atoms with van der Waals surface area (Å²) in [6.45, 7) is 2.99. The number of halogens is 3. The number of anilines is 1. The minimum atomic E-state index is -0.906. The fraction of sp³-hybridized carbons (Fsp3) is 0.441. The van der Waals surface area contributed by atoms with Gasteiger partial charge in [-0.1, -0.05) is 12.0 Å². The number of hydrogen-bond donors (Lipinski definition) is 1. The number of rotatable bonds is 5. The van der Waals surface area contributed by atoms with Crippen LogP contribution in [-0.4, -0.2) is 69.5 Å². The molecule has 4 fully saturated rings. The molecule has 0 amide bonds. The van der Waals surface area contributed by atoms with Gasteiger partial charge in [0.1, 0.15) is 41.4 Å². The summed E-state index contributed by atoms with van der Waals surface area (Å²) in [6, 6.07) is 5.52. The largest absolute Gasteiger partial charge is 0.508 e. The lowest BCUT2D eigenvalue weighted by molar-refractivity contribution is 0.107. The van der Waals surface area contributed by atoms with Crippen LogP contribution in [0.2, 0.25) is 0 Å². The monoisotopic (exact) mass is 599 g/mol. The van der Waals surface area contributed by atoms with E-state index in [2.05, 4.69) is 25.7 Å². The van der Waals surface area contributed by atoms with E-state index in [1.165, 1.54) is 36.9 Å². The van der Waals surface area contributed by atoms with Crippen molar-refractivity contribution in [3.05, 3.63) is 47.7 Å². The number of phenolic OH excluding ortho intramolecular Hbond substituents is 1. The van der Waals surface area contributed by atoms with Crippen LogP contribution in [0.5, 0.6) is 11.8 Å². The minimum absolute atomic E-state index is 0.00938. The zero-order valence-corrected chi connectivity index (χ0v) is 24.2. The number of ether oxygens (including phenoxy) is 1. The van der Waals surface area contributed by atoms with Gasteiger partial charge in [0.15, 0.2) is 5.82 Å². The first-order valence-electron chi connectivity index (χ1n) is 15.4. The summed E-state index contributed by atoms with van der Waals surface area (Å²) in [7, 11) is 0. The van der Waals surface area contributed by atoms with Crippen LogP contribution in [0.1, 0.15) is 44.1 Å². The second-order valence-electron chi connectivity index (χ2n) is 12.9. The second kappa shape index (κ2) is 10.2. The van der Waals surface area contributed by atoms with Crippen LogP contribution in [-0.2, 0) is 0 Å². The van der Waals surface area contributed by atoms with Crippen LogP contribution in [0, 0.1) is 35.8 Å². The SMILES string of the molecule is C#Cc1c(F)ccc2cc(O)cc(-c3ncc4c(N5CCC6CC6CC5)nc(OCC56CCCN5C[C@H](F)C6)nc4c3F)c12. The predicted octanol–water partition coefficient (Wildman–Crippen LogP) is 6.00. The maximum atomic E-state index is 16.7. The van der Waals surface area contributed by atoms with E-state index < -0.39 is 23.3 Å². The first-order valence-corrected chi connectivity index (χ1v) is 15.4. The van der Waals surface area contributed by atoms with Gasteiger partial charge in [-0.25, -0.2) is 13.2 Å². The normalized spacial score (nSPS) is 26.4. The Kier molecular flexibility index (Phi) is 6.38. The van der Waals surface area contributed by atoms with Gasteiger partial charge in [-0.15, -0.1) is 6.42 Å². The van der Waals surface area contributed by atoms with Gasteiger partial charge in [0.25, 0.3) is 0 Å². The average molecular weight is 600 g/mol. The van der Waals surface area contributed by atoms with E-state index in [0.29, 0.717) is 29.6 Å². The molecule has 3 saturated heterocycles. The molecule has 4 atom stereocenters. The molecule has 3 unspecified atom stereocenters. The number of alkyl halides is 1. The number of benzene rings is 2. The van der Waals surface area contributed by atoms with Crippen molar-refractivity contribution in [1.82, 2.24) is 19.9 Å². The third-order valence-electron chi connectivity index (χ3n) is 10.2. The highest BCUT2D eigenvalue weighted by atomic mass is 19.1. The minimum Gasteiger partial charge on any atom is -0.508 e. The molecule has 226 valence electrons. The first kappa shape index (κ1) is 27.4. The van der Waals surface area contributed by atoms with Crippen LogP contribution in [0.25, 0.3) is 32.9 Å². The molecule has 1 saturated carbocycles. The van der Waals surface area contributed by atoms with Crippen molar-refractivity contribution in [2.75, 3.05) is 37.7 Å². The molecule has 44 heavy (non-hydrogen) atoms. The molecule has 8 rings (SSSR count). The fourth-order valence-electron chi connectivity index (χ4n) is 7.90. The van der Waals surface area contributed by atoms with E-state index in [1.54, 1.807) is 0 Å². The Morgan fingerprint density at radius 2 is 1.93 bits per heavy atom. The molecule has 4 aromatic rings. The summed E-state index contributed by atoms with van der Waals surface area (Å²) in [6.07, 6.45) is 11.8. The van der Waals surface area contributed by atoms with Crippen LogP contribution >= 0.6 is 0 Å². The highest BCUT2D eigenvalue weighted by molar-refractivity contribution is 6.03.